The van der Waals surface area contributed by atoms with Crippen LogP contribution in [0.25, 0.3) is 0 Å². The van der Waals surface area contributed by atoms with Gasteiger partial charge in [-0.3, -0.25) is 9.59 Å². The van der Waals surface area contributed by atoms with Gasteiger partial charge in [-0.05, 0) is 30.5 Å². The fourth-order valence-electron chi connectivity index (χ4n) is 2.90. The molecule has 2 rings (SSSR count). The second-order valence-corrected chi connectivity index (χ2v) is 6.62. The monoisotopic (exact) mass is 410 g/mol. The lowest BCUT2D eigenvalue weighted by Crippen LogP contribution is -2.50. The number of rotatable bonds is 10. The topological polar surface area (TPSA) is 105 Å². The van der Waals surface area contributed by atoms with E-state index in [0.29, 0.717) is 17.5 Å². The van der Waals surface area contributed by atoms with Crippen molar-refractivity contribution in [3.05, 3.63) is 84.4 Å². The largest absolute Gasteiger partial charge is 0.467 e. The van der Waals surface area contributed by atoms with Crippen LogP contribution in [0.4, 0.5) is 0 Å². The molecule has 158 valence electrons. The van der Waals surface area contributed by atoms with Crippen molar-refractivity contribution < 1.29 is 24.2 Å². The summed E-state index contributed by atoms with van der Waals surface area (Å²) >= 11 is 0. The van der Waals surface area contributed by atoms with Crippen molar-refractivity contribution in [1.29, 1.82) is 0 Å². The first-order valence-corrected chi connectivity index (χ1v) is 9.56. The van der Waals surface area contributed by atoms with Gasteiger partial charge in [0.05, 0.1) is 13.2 Å². The third kappa shape index (κ3) is 6.28. The molecule has 2 amide bonds. The first-order valence-electron chi connectivity index (χ1n) is 9.56. The maximum Gasteiger partial charge on any atom is 0.328 e. The Labute approximate surface area is 175 Å². The minimum absolute atomic E-state index is 0.279. The maximum atomic E-state index is 12.7. The van der Waals surface area contributed by atoms with Gasteiger partial charge in [0.1, 0.15) is 6.04 Å². The van der Waals surface area contributed by atoms with Crippen LogP contribution in [0.5, 0.6) is 0 Å². The van der Waals surface area contributed by atoms with Crippen LogP contribution in [-0.2, 0) is 14.3 Å². The van der Waals surface area contributed by atoms with E-state index in [1.165, 1.54) is 7.11 Å². The number of amides is 2. The van der Waals surface area contributed by atoms with Crippen LogP contribution in [0.1, 0.15) is 34.8 Å². The molecule has 0 aromatic heterocycles. The molecule has 0 aliphatic carbocycles. The van der Waals surface area contributed by atoms with Crippen molar-refractivity contribution >= 4 is 17.8 Å². The number of carbonyl (C=O) groups is 3. The van der Waals surface area contributed by atoms with Crippen LogP contribution in [0.15, 0.2) is 73.3 Å². The first-order chi connectivity index (χ1) is 14.5. The Bertz CT molecular complexity index is 854. The molecule has 2 aromatic rings. The molecule has 3 atom stereocenters. The van der Waals surface area contributed by atoms with Gasteiger partial charge in [0.15, 0.2) is 6.10 Å². The number of aliphatic hydroxyl groups excluding tert-OH is 1. The van der Waals surface area contributed by atoms with E-state index in [9.17, 15) is 19.5 Å². The van der Waals surface area contributed by atoms with Gasteiger partial charge in [-0.15, -0.1) is 6.58 Å². The Balaban J connectivity index is 2.22. The second-order valence-electron chi connectivity index (χ2n) is 6.62. The number of allylic oxidation sites excluding steroid dienone is 1. The van der Waals surface area contributed by atoms with Crippen LogP contribution >= 0.6 is 0 Å². The molecule has 0 fully saturated rings. The van der Waals surface area contributed by atoms with Crippen LogP contribution in [0.2, 0.25) is 0 Å². The molecule has 3 N–H and O–H groups in total. The molecule has 0 aliphatic heterocycles. The minimum Gasteiger partial charge on any atom is -0.467 e. The predicted molar refractivity (Wildman–Crippen MR) is 112 cm³/mol. The van der Waals surface area contributed by atoms with E-state index in [1.54, 1.807) is 66.7 Å². The normalized spacial score (nSPS) is 13.4. The van der Waals surface area contributed by atoms with Gasteiger partial charge >= 0.3 is 5.97 Å². The van der Waals surface area contributed by atoms with Crippen molar-refractivity contribution in [3.63, 3.8) is 0 Å². The van der Waals surface area contributed by atoms with Crippen LogP contribution < -0.4 is 10.6 Å². The number of ether oxygens (including phenoxy) is 1. The van der Waals surface area contributed by atoms with E-state index >= 15 is 0 Å². The van der Waals surface area contributed by atoms with E-state index < -0.39 is 36.0 Å². The molecule has 0 radical (unpaired) electrons. The number of carbonyl (C=O) groups excluding carboxylic acids is 3. The van der Waals surface area contributed by atoms with Crippen LogP contribution in [0.3, 0.4) is 0 Å². The molecule has 0 saturated heterocycles. The third-order valence-corrected chi connectivity index (χ3v) is 4.53. The zero-order chi connectivity index (χ0) is 21.9. The number of methoxy groups -OCH3 is 1. The molecule has 7 heteroatoms. The van der Waals surface area contributed by atoms with Crippen molar-refractivity contribution in [2.75, 3.05) is 7.11 Å². The lowest BCUT2D eigenvalue weighted by molar-refractivity contribution is -0.146. The number of hydrogen-bond donors (Lipinski definition) is 3. The lowest BCUT2D eigenvalue weighted by Gasteiger charge is -2.26. The molecule has 0 spiro atoms. The molecule has 7 nitrogen and oxygen atoms in total. The molecular formula is C23H26N2O5. The number of hydrogen-bond acceptors (Lipinski definition) is 5. The SMILES string of the molecule is C=CCC[C@H](NC(=O)[C@H](O)[C@@H](NC(=O)c1ccccc1)c1ccccc1)C(=O)OC. The summed E-state index contributed by atoms with van der Waals surface area (Å²) in [5.74, 6) is -1.86. The first kappa shape index (κ1) is 22.8. The van der Waals surface area contributed by atoms with Crippen molar-refractivity contribution in [2.24, 2.45) is 0 Å². The summed E-state index contributed by atoms with van der Waals surface area (Å²) < 4.78 is 4.72. The summed E-state index contributed by atoms with van der Waals surface area (Å²) in [4.78, 5) is 37.3. The standard InChI is InChI=1S/C23H26N2O5/c1-3-4-15-18(23(29)30-2)24-22(28)20(26)19(16-11-7-5-8-12-16)25-21(27)17-13-9-6-10-14-17/h3,5-14,18-20,26H,1,4,15H2,2H3,(H,24,28)(H,25,27)/t18-,19-,20+/m0/s1. The average Bonchev–Trinajstić information content (AvgIpc) is 2.80. The molecule has 0 bridgehead atoms. The highest BCUT2D eigenvalue weighted by molar-refractivity contribution is 5.95. The van der Waals surface area contributed by atoms with E-state index in [0.717, 1.165) is 0 Å². The van der Waals surface area contributed by atoms with Gasteiger partial charge in [0, 0.05) is 5.56 Å². The smallest absolute Gasteiger partial charge is 0.328 e. The van der Waals surface area contributed by atoms with Crippen molar-refractivity contribution in [2.45, 2.75) is 31.0 Å². The highest BCUT2D eigenvalue weighted by Crippen LogP contribution is 2.19. The van der Waals surface area contributed by atoms with Crippen molar-refractivity contribution in [1.82, 2.24) is 10.6 Å². The van der Waals surface area contributed by atoms with E-state index in [2.05, 4.69) is 17.2 Å². The van der Waals surface area contributed by atoms with Gasteiger partial charge in [-0.1, -0.05) is 54.6 Å². The molecule has 0 unspecified atom stereocenters. The molecule has 0 aliphatic rings. The summed E-state index contributed by atoms with van der Waals surface area (Å²) in [5.41, 5.74) is 0.939. The Kier molecular flexibility index (Phi) is 8.77. The summed E-state index contributed by atoms with van der Waals surface area (Å²) in [7, 11) is 1.22. The average molecular weight is 410 g/mol. The number of aliphatic hydroxyl groups is 1. The van der Waals surface area contributed by atoms with Crippen LogP contribution in [0, 0.1) is 0 Å². The number of benzene rings is 2. The van der Waals surface area contributed by atoms with Gasteiger partial charge in [0.2, 0.25) is 0 Å². The Morgan fingerprint density at radius 2 is 1.63 bits per heavy atom. The fraction of sp³-hybridized carbons (Fsp3) is 0.261. The maximum absolute atomic E-state index is 12.7. The van der Waals surface area contributed by atoms with E-state index in [-0.39, 0.29) is 6.42 Å². The molecule has 2 aromatic carbocycles. The fourth-order valence-corrected chi connectivity index (χ4v) is 2.90. The summed E-state index contributed by atoms with van der Waals surface area (Å²) in [6.45, 7) is 3.60. The zero-order valence-corrected chi connectivity index (χ0v) is 16.8. The predicted octanol–water partition coefficient (Wildman–Crippen LogP) is 2.14. The summed E-state index contributed by atoms with van der Waals surface area (Å²) in [6, 6.07) is 15.2. The van der Waals surface area contributed by atoms with Gasteiger partial charge in [-0.2, -0.15) is 0 Å². The number of esters is 1. The third-order valence-electron chi connectivity index (χ3n) is 4.53. The van der Waals surface area contributed by atoms with Crippen LogP contribution in [-0.4, -0.2) is 42.1 Å². The highest BCUT2D eigenvalue weighted by atomic mass is 16.5. The minimum atomic E-state index is -1.63. The zero-order valence-electron chi connectivity index (χ0n) is 16.8. The van der Waals surface area contributed by atoms with E-state index in [1.807, 2.05) is 0 Å². The second kappa shape index (κ2) is 11.5. The van der Waals surface area contributed by atoms with Gasteiger partial charge < -0.3 is 20.5 Å². The molecule has 0 heterocycles. The Morgan fingerprint density at radius 1 is 1.03 bits per heavy atom. The summed E-state index contributed by atoms with van der Waals surface area (Å²) in [5, 5.41) is 16.0. The Morgan fingerprint density at radius 3 is 2.20 bits per heavy atom. The van der Waals surface area contributed by atoms with Gasteiger partial charge in [-0.25, -0.2) is 4.79 Å². The lowest BCUT2D eigenvalue weighted by atomic mass is 9.99. The number of nitrogens with one attached hydrogen (secondary N) is 2. The molecular weight excluding hydrogens is 384 g/mol. The quantitative estimate of drug-likeness (QED) is 0.411. The molecule has 0 saturated carbocycles. The Hall–Kier alpha value is -3.45. The van der Waals surface area contributed by atoms with E-state index in [4.69, 9.17) is 4.74 Å². The molecule has 30 heavy (non-hydrogen) atoms. The summed E-state index contributed by atoms with van der Waals surface area (Å²) in [6.07, 6.45) is 0.742. The van der Waals surface area contributed by atoms with Crippen molar-refractivity contribution in [3.8, 4) is 0 Å². The highest BCUT2D eigenvalue weighted by Gasteiger charge is 2.32. The van der Waals surface area contributed by atoms with Gasteiger partial charge in [0.25, 0.3) is 11.8 Å².